The van der Waals surface area contributed by atoms with E-state index in [1.54, 1.807) is 0 Å². The highest BCUT2D eigenvalue weighted by molar-refractivity contribution is 7.98. The lowest BCUT2D eigenvalue weighted by molar-refractivity contribution is 0.391. The molecule has 2 heterocycles. The molecule has 0 saturated carbocycles. The van der Waals surface area contributed by atoms with E-state index in [0.29, 0.717) is 15.9 Å². The number of fused-ring (bicyclic) bond motifs is 1. The maximum Gasteiger partial charge on any atom is 0.190 e. The largest absolute Gasteiger partial charge is 0.360 e. The fraction of sp³-hybridized carbons (Fsp3) is 0.105. The van der Waals surface area contributed by atoms with Crippen LogP contribution in [-0.4, -0.2) is 15.1 Å². The molecule has 0 aliphatic carbocycles. The minimum absolute atomic E-state index is 0.616. The first-order chi connectivity index (χ1) is 12.7. The number of thioether (sulfide) groups is 1. The minimum Gasteiger partial charge on any atom is -0.360 e. The van der Waals surface area contributed by atoms with Crippen LogP contribution in [0.2, 0.25) is 5.02 Å². The first kappa shape index (κ1) is 16.9. The van der Waals surface area contributed by atoms with Gasteiger partial charge < -0.3 is 9.84 Å². The molecule has 0 radical (unpaired) electrons. The summed E-state index contributed by atoms with van der Waals surface area (Å²) in [4.78, 5) is 9.32. The zero-order valence-electron chi connectivity index (χ0n) is 13.9. The van der Waals surface area contributed by atoms with E-state index in [9.17, 15) is 0 Å². The predicted octanol–water partition coefficient (Wildman–Crippen LogP) is 5.62. The lowest BCUT2D eigenvalue weighted by Gasteiger charge is -2.11. The van der Waals surface area contributed by atoms with Crippen LogP contribution in [0.1, 0.15) is 11.5 Å². The van der Waals surface area contributed by atoms with Crippen LogP contribution in [0.15, 0.2) is 64.3 Å². The molecule has 1 N–H and O–H groups in total. The molecular formula is C19H15ClN4OS. The van der Waals surface area contributed by atoms with Crippen LogP contribution in [0.4, 0.5) is 11.5 Å². The van der Waals surface area contributed by atoms with Gasteiger partial charge in [0.1, 0.15) is 11.6 Å². The molecule has 0 amide bonds. The topological polar surface area (TPSA) is 63.8 Å². The molecule has 0 unspecified atom stereocenters. The Labute approximate surface area is 159 Å². The number of aromatic nitrogens is 3. The lowest BCUT2D eigenvalue weighted by Crippen LogP contribution is -1.99. The van der Waals surface area contributed by atoms with E-state index < -0.39 is 0 Å². The summed E-state index contributed by atoms with van der Waals surface area (Å²) in [5.41, 5.74) is 2.54. The van der Waals surface area contributed by atoms with Gasteiger partial charge in [-0.3, -0.25) is 0 Å². The van der Waals surface area contributed by atoms with Gasteiger partial charge in [0.25, 0.3) is 0 Å². The Balaban J connectivity index is 1.67. The van der Waals surface area contributed by atoms with E-state index in [0.717, 1.165) is 33.9 Å². The number of halogens is 1. The summed E-state index contributed by atoms with van der Waals surface area (Å²) in [5, 5.41) is 9.47. The minimum atomic E-state index is 0.616. The highest BCUT2D eigenvalue weighted by Gasteiger charge is 2.11. The Morgan fingerprint density at radius 2 is 1.88 bits per heavy atom. The fourth-order valence-corrected chi connectivity index (χ4v) is 3.43. The molecule has 4 rings (SSSR count). The van der Waals surface area contributed by atoms with Gasteiger partial charge in [0.2, 0.25) is 0 Å². The van der Waals surface area contributed by atoms with Crippen LogP contribution < -0.4 is 5.32 Å². The first-order valence-corrected chi connectivity index (χ1v) is 9.39. The molecule has 2 aromatic heterocycles. The number of benzene rings is 2. The van der Waals surface area contributed by atoms with E-state index in [1.807, 2.05) is 61.5 Å². The highest BCUT2D eigenvalue weighted by Crippen LogP contribution is 2.30. The van der Waals surface area contributed by atoms with Crippen molar-refractivity contribution in [3.8, 4) is 0 Å². The monoisotopic (exact) mass is 382 g/mol. The third-order valence-corrected chi connectivity index (χ3v) is 4.93. The van der Waals surface area contributed by atoms with E-state index in [1.165, 1.54) is 11.8 Å². The Morgan fingerprint density at radius 1 is 1.08 bits per heavy atom. The van der Waals surface area contributed by atoms with Crippen molar-refractivity contribution in [1.29, 1.82) is 0 Å². The van der Waals surface area contributed by atoms with E-state index >= 15 is 0 Å². The van der Waals surface area contributed by atoms with Gasteiger partial charge >= 0.3 is 0 Å². The summed E-state index contributed by atoms with van der Waals surface area (Å²) in [5.74, 6) is 2.13. The molecule has 0 fully saturated rings. The summed E-state index contributed by atoms with van der Waals surface area (Å²) in [6, 6.07) is 17.4. The standard InChI is InChI=1S/C19H15ClN4OS/c1-12-10-13(25-24-12)11-26-19-22-16-8-4-2-6-14(16)18(23-19)21-17-9-5-3-7-15(17)20/h2-10H,11H2,1H3,(H,21,22,23). The van der Waals surface area contributed by atoms with Gasteiger partial charge in [-0.25, -0.2) is 9.97 Å². The van der Waals surface area contributed by atoms with Gasteiger partial charge in [0.15, 0.2) is 5.16 Å². The normalized spacial score (nSPS) is 11.0. The number of hydrogen-bond donors (Lipinski definition) is 1. The van der Waals surface area contributed by atoms with Crippen molar-refractivity contribution in [2.75, 3.05) is 5.32 Å². The van der Waals surface area contributed by atoms with Crippen molar-refractivity contribution >= 4 is 45.8 Å². The molecule has 130 valence electrons. The molecule has 0 atom stereocenters. The average Bonchev–Trinajstić information content (AvgIpc) is 3.07. The Hall–Kier alpha value is -2.57. The smallest absolute Gasteiger partial charge is 0.190 e. The van der Waals surface area contributed by atoms with Crippen LogP contribution in [-0.2, 0) is 5.75 Å². The predicted molar refractivity (Wildman–Crippen MR) is 105 cm³/mol. The van der Waals surface area contributed by atoms with Crippen molar-refractivity contribution < 1.29 is 4.52 Å². The second-order valence-electron chi connectivity index (χ2n) is 5.70. The Bertz CT molecular complexity index is 1070. The molecule has 7 heteroatoms. The summed E-state index contributed by atoms with van der Waals surface area (Å²) < 4.78 is 5.26. The lowest BCUT2D eigenvalue weighted by atomic mass is 10.2. The van der Waals surface area contributed by atoms with Crippen molar-refractivity contribution in [3.05, 3.63) is 71.1 Å². The maximum atomic E-state index is 6.28. The van der Waals surface area contributed by atoms with Gasteiger partial charge in [-0.05, 0) is 31.2 Å². The molecule has 5 nitrogen and oxygen atoms in total. The second-order valence-corrected chi connectivity index (χ2v) is 7.05. The van der Waals surface area contributed by atoms with E-state index in [-0.39, 0.29) is 0 Å². The molecular weight excluding hydrogens is 368 g/mol. The number of nitrogens with one attached hydrogen (secondary N) is 1. The Morgan fingerprint density at radius 3 is 2.69 bits per heavy atom. The zero-order chi connectivity index (χ0) is 17.9. The van der Waals surface area contributed by atoms with Gasteiger partial charge in [0, 0.05) is 11.5 Å². The summed E-state index contributed by atoms with van der Waals surface area (Å²) in [6.07, 6.45) is 0. The molecule has 0 saturated heterocycles. The van der Waals surface area contributed by atoms with Crippen molar-refractivity contribution in [2.24, 2.45) is 0 Å². The van der Waals surface area contributed by atoms with Crippen molar-refractivity contribution in [2.45, 2.75) is 17.8 Å². The summed E-state index contributed by atoms with van der Waals surface area (Å²) in [6.45, 7) is 1.90. The van der Waals surface area contributed by atoms with Gasteiger partial charge in [-0.2, -0.15) is 0 Å². The molecule has 0 bridgehead atoms. The molecule has 2 aromatic carbocycles. The van der Waals surface area contributed by atoms with Crippen molar-refractivity contribution in [1.82, 2.24) is 15.1 Å². The van der Waals surface area contributed by atoms with Gasteiger partial charge in [-0.1, -0.05) is 52.8 Å². The van der Waals surface area contributed by atoms with Gasteiger partial charge in [-0.15, -0.1) is 0 Å². The quantitative estimate of drug-likeness (QED) is 0.357. The number of para-hydroxylation sites is 2. The van der Waals surface area contributed by atoms with Crippen molar-refractivity contribution in [3.63, 3.8) is 0 Å². The third-order valence-electron chi connectivity index (χ3n) is 3.73. The summed E-state index contributed by atoms with van der Waals surface area (Å²) >= 11 is 7.78. The molecule has 26 heavy (non-hydrogen) atoms. The number of nitrogens with zero attached hydrogens (tertiary/aromatic N) is 3. The summed E-state index contributed by atoms with van der Waals surface area (Å²) in [7, 11) is 0. The third kappa shape index (κ3) is 3.66. The van der Waals surface area contributed by atoms with Crippen LogP contribution in [0, 0.1) is 6.92 Å². The molecule has 4 aromatic rings. The van der Waals surface area contributed by atoms with Crippen LogP contribution in [0.3, 0.4) is 0 Å². The number of hydrogen-bond acceptors (Lipinski definition) is 6. The highest BCUT2D eigenvalue weighted by atomic mass is 35.5. The second kappa shape index (κ2) is 7.35. The van der Waals surface area contributed by atoms with E-state index in [2.05, 4.69) is 20.4 Å². The van der Waals surface area contributed by atoms with E-state index in [4.69, 9.17) is 16.1 Å². The maximum absolute atomic E-state index is 6.28. The number of anilines is 2. The molecule has 0 spiro atoms. The van der Waals surface area contributed by atoms with Crippen LogP contribution in [0.5, 0.6) is 0 Å². The van der Waals surface area contributed by atoms with Crippen LogP contribution >= 0.6 is 23.4 Å². The first-order valence-electron chi connectivity index (χ1n) is 8.02. The molecule has 0 aliphatic rings. The zero-order valence-corrected chi connectivity index (χ0v) is 15.5. The van der Waals surface area contributed by atoms with Gasteiger partial charge in [0.05, 0.1) is 27.7 Å². The van der Waals surface area contributed by atoms with Crippen LogP contribution in [0.25, 0.3) is 10.9 Å². The number of aryl methyl sites for hydroxylation is 1. The average molecular weight is 383 g/mol. The fourth-order valence-electron chi connectivity index (χ4n) is 2.53. The Kier molecular flexibility index (Phi) is 4.77. The SMILES string of the molecule is Cc1cc(CSc2nc(Nc3ccccc3Cl)c3ccccc3n2)on1. The molecule has 0 aliphatic heterocycles. The number of rotatable bonds is 5.